The van der Waals surface area contributed by atoms with Gasteiger partial charge in [0.1, 0.15) is 10.7 Å². The average Bonchev–Trinajstić information content (AvgIpc) is 2.81. The van der Waals surface area contributed by atoms with Crippen molar-refractivity contribution in [3.8, 4) is 0 Å². The third kappa shape index (κ3) is 3.60. The summed E-state index contributed by atoms with van der Waals surface area (Å²) in [6, 6.07) is 0. The predicted molar refractivity (Wildman–Crippen MR) is 81.1 cm³/mol. The van der Waals surface area contributed by atoms with E-state index in [0.717, 1.165) is 18.2 Å². The van der Waals surface area contributed by atoms with Gasteiger partial charge in [-0.2, -0.15) is 0 Å². The Morgan fingerprint density at radius 1 is 1.35 bits per heavy atom. The van der Waals surface area contributed by atoms with E-state index in [9.17, 15) is 9.59 Å². The maximum Gasteiger partial charge on any atom is 0.268 e. The molecule has 1 heterocycles. The summed E-state index contributed by atoms with van der Waals surface area (Å²) in [6.07, 6.45) is 0. The van der Waals surface area contributed by atoms with E-state index in [1.54, 1.807) is 7.05 Å². The molecular formula is C12H21N5O2S. The van der Waals surface area contributed by atoms with Crippen LogP contribution in [-0.2, 0) is 4.79 Å². The largest absolute Gasteiger partial charge is 0.382 e. The van der Waals surface area contributed by atoms with Crippen LogP contribution < -0.4 is 16.0 Å². The van der Waals surface area contributed by atoms with Crippen molar-refractivity contribution in [2.75, 3.05) is 44.4 Å². The summed E-state index contributed by atoms with van der Waals surface area (Å²) in [6.45, 7) is 5.62. The Morgan fingerprint density at radius 2 is 1.95 bits per heavy atom. The fraction of sp³-hybridized carbons (Fsp3) is 0.583. The lowest BCUT2D eigenvalue weighted by Gasteiger charge is -2.16. The number of carbonyl (C=O) groups is 2. The predicted octanol–water partition coefficient (Wildman–Crippen LogP) is 0.390. The molecule has 0 saturated carbocycles. The third-order valence-electron chi connectivity index (χ3n) is 2.88. The lowest BCUT2D eigenvalue weighted by molar-refractivity contribution is -0.121. The summed E-state index contributed by atoms with van der Waals surface area (Å²) < 4.78 is 0. The standard InChI is InChI=1S/C12H21N5O2S/c1-5-17(6-2)12-15-10(13)9(20-12)11(19)16(4)7-8(18)14-3/h5-7,13H2,1-4H3,(H,14,18). The molecule has 112 valence electrons. The molecule has 0 aliphatic carbocycles. The number of hydrogen-bond acceptors (Lipinski definition) is 6. The summed E-state index contributed by atoms with van der Waals surface area (Å²) in [7, 11) is 3.09. The van der Waals surface area contributed by atoms with Crippen molar-refractivity contribution < 1.29 is 9.59 Å². The van der Waals surface area contributed by atoms with E-state index in [2.05, 4.69) is 10.3 Å². The number of nitrogens with two attached hydrogens (primary N) is 1. The molecule has 0 bridgehead atoms. The number of aromatic nitrogens is 1. The number of nitrogens with zero attached hydrogens (tertiary/aromatic N) is 3. The van der Waals surface area contributed by atoms with E-state index in [1.807, 2.05) is 18.7 Å². The van der Waals surface area contributed by atoms with Crippen molar-refractivity contribution in [3.05, 3.63) is 4.88 Å². The average molecular weight is 299 g/mol. The molecule has 0 radical (unpaired) electrons. The highest BCUT2D eigenvalue weighted by molar-refractivity contribution is 7.18. The minimum atomic E-state index is -0.290. The van der Waals surface area contributed by atoms with Crippen LogP contribution in [0.5, 0.6) is 0 Å². The molecule has 0 atom stereocenters. The fourth-order valence-electron chi connectivity index (χ4n) is 1.64. The first-order chi connectivity index (χ1) is 9.44. The summed E-state index contributed by atoms with van der Waals surface area (Å²) in [5, 5.41) is 3.20. The molecule has 0 unspecified atom stereocenters. The Balaban J connectivity index is 2.91. The van der Waals surface area contributed by atoms with Crippen LogP contribution in [0.4, 0.5) is 10.9 Å². The molecule has 0 fully saturated rings. The second kappa shape index (κ2) is 7.09. The molecule has 8 heteroatoms. The van der Waals surface area contributed by atoms with Crippen LogP contribution in [-0.4, -0.2) is 55.4 Å². The minimum absolute atomic E-state index is 0.00667. The first-order valence-corrected chi connectivity index (χ1v) is 7.23. The lowest BCUT2D eigenvalue weighted by atomic mass is 10.4. The lowest BCUT2D eigenvalue weighted by Crippen LogP contribution is -2.36. The maximum atomic E-state index is 12.2. The molecule has 7 nitrogen and oxygen atoms in total. The smallest absolute Gasteiger partial charge is 0.268 e. The number of thiazole rings is 1. The molecular weight excluding hydrogens is 278 g/mol. The van der Waals surface area contributed by atoms with Crippen LogP contribution in [0.15, 0.2) is 0 Å². The van der Waals surface area contributed by atoms with Gasteiger partial charge in [0.15, 0.2) is 5.13 Å². The van der Waals surface area contributed by atoms with Crippen molar-refractivity contribution in [2.45, 2.75) is 13.8 Å². The van der Waals surface area contributed by atoms with Gasteiger partial charge in [-0.25, -0.2) is 4.98 Å². The van der Waals surface area contributed by atoms with Gasteiger partial charge in [0.25, 0.3) is 5.91 Å². The van der Waals surface area contributed by atoms with Crippen molar-refractivity contribution in [2.24, 2.45) is 0 Å². The van der Waals surface area contributed by atoms with Gasteiger partial charge in [0.2, 0.25) is 5.91 Å². The van der Waals surface area contributed by atoms with Gasteiger partial charge in [-0.3, -0.25) is 9.59 Å². The Hall–Kier alpha value is -1.83. The Morgan fingerprint density at radius 3 is 2.45 bits per heavy atom. The van der Waals surface area contributed by atoms with Gasteiger partial charge >= 0.3 is 0 Å². The molecule has 0 aliphatic rings. The maximum absolute atomic E-state index is 12.2. The van der Waals surface area contributed by atoms with Crippen LogP contribution in [0.3, 0.4) is 0 Å². The molecule has 3 N–H and O–H groups in total. The number of anilines is 2. The zero-order valence-electron chi connectivity index (χ0n) is 12.3. The molecule has 2 amide bonds. The summed E-state index contributed by atoms with van der Waals surface area (Å²) in [5.74, 6) is -0.305. The van der Waals surface area contributed by atoms with E-state index in [-0.39, 0.29) is 24.2 Å². The van der Waals surface area contributed by atoms with Gasteiger partial charge < -0.3 is 20.9 Å². The van der Waals surface area contributed by atoms with E-state index in [0.29, 0.717) is 4.88 Å². The molecule has 1 aromatic rings. The first-order valence-electron chi connectivity index (χ1n) is 6.41. The fourth-order valence-corrected chi connectivity index (χ4v) is 2.75. The van der Waals surface area contributed by atoms with E-state index < -0.39 is 0 Å². The molecule has 0 saturated heterocycles. The van der Waals surface area contributed by atoms with Crippen molar-refractivity contribution in [1.29, 1.82) is 0 Å². The zero-order valence-corrected chi connectivity index (χ0v) is 13.1. The van der Waals surface area contributed by atoms with E-state index >= 15 is 0 Å². The minimum Gasteiger partial charge on any atom is -0.382 e. The summed E-state index contributed by atoms with van der Waals surface area (Å²) in [4.78, 5) is 31.5. The molecule has 20 heavy (non-hydrogen) atoms. The van der Waals surface area contributed by atoms with Crippen molar-refractivity contribution >= 4 is 34.1 Å². The molecule has 0 spiro atoms. The van der Waals surface area contributed by atoms with Gasteiger partial charge in [-0.15, -0.1) is 0 Å². The van der Waals surface area contributed by atoms with Crippen LogP contribution in [0, 0.1) is 0 Å². The zero-order chi connectivity index (χ0) is 15.3. The van der Waals surface area contributed by atoms with Crippen molar-refractivity contribution in [1.82, 2.24) is 15.2 Å². The quantitative estimate of drug-likeness (QED) is 0.793. The number of nitrogens with one attached hydrogen (secondary N) is 1. The van der Waals surface area contributed by atoms with Gasteiger partial charge in [-0.05, 0) is 13.8 Å². The van der Waals surface area contributed by atoms with Gasteiger partial charge in [-0.1, -0.05) is 11.3 Å². The van der Waals surface area contributed by atoms with Crippen molar-refractivity contribution in [3.63, 3.8) is 0 Å². The highest BCUT2D eigenvalue weighted by Gasteiger charge is 2.22. The van der Waals surface area contributed by atoms with Crippen LogP contribution in [0.1, 0.15) is 23.5 Å². The van der Waals surface area contributed by atoms with Gasteiger partial charge in [0, 0.05) is 27.2 Å². The van der Waals surface area contributed by atoms with Crippen LogP contribution >= 0.6 is 11.3 Å². The topological polar surface area (TPSA) is 91.6 Å². The highest BCUT2D eigenvalue weighted by Crippen LogP contribution is 2.28. The number of rotatable bonds is 6. The SMILES string of the molecule is CCN(CC)c1nc(N)c(C(=O)N(C)CC(=O)NC)s1. The Bertz CT molecular complexity index is 484. The van der Waals surface area contributed by atoms with E-state index in [1.165, 1.54) is 23.3 Å². The first kappa shape index (κ1) is 16.2. The number of nitrogen functional groups attached to an aromatic ring is 1. The number of amides is 2. The second-order valence-electron chi connectivity index (χ2n) is 4.22. The normalized spacial score (nSPS) is 10.2. The Labute approximate surface area is 122 Å². The number of carbonyl (C=O) groups excluding carboxylic acids is 2. The highest BCUT2D eigenvalue weighted by atomic mass is 32.1. The summed E-state index contributed by atoms with van der Waals surface area (Å²) >= 11 is 1.25. The molecule has 1 rings (SSSR count). The molecule has 1 aromatic heterocycles. The second-order valence-corrected chi connectivity index (χ2v) is 5.20. The van der Waals surface area contributed by atoms with Crippen LogP contribution in [0.2, 0.25) is 0 Å². The summed E-state index contributed by atoms with van der Waals surface area (Å²) in [5.41, 5.74) is 5.82. The third-order valence-corrected chi connectivity index (χ3v) is 4.00. The molecule has 0 aliphatic heterocycles. The number of likely N-dealkylation sites (N-methyl/N-ethyl adjacent to an activating group) is 2. The van der Waals surface area contributed by atoms with Gasteiger partial charge in [0.05, 0.1) is 6.54 Å². The van der Waals surface area contributed by atoms with E-state index in [4.69, 9.17) is 5.73 Å². The monoisotopic (exact) mass is 299 g/mol. The molecule has 0 aromatic carbocycles. The van der Waals surface area contributed by atoms with Crippen LogP contribution in [0.25, 0.3) is 0 Å². The Kier molecular flexibility index (Phi) is 5.75. The number of hydrogen-bond donors (Lipinski definition) is 2.